The molecule has 2 atom stereocenters. The van der Waals surface area contributed by atoms with E-state index in [1.807, 2.05) is 52.0 Å². The number of H-pyrrole nitrogens is 2. The Labute approximate surface area is 331 Å². The lowest BCUT2D eigenvalue weighted by Crippen LogP contribution is -2.42. The maximum absolute atomic E-state index is 13.9. The van der Waals surface area contributed by atoms with E-state index in [-0.39, 0.29) is 37.9 Å². The minimum absolute atomic E-state index is 0.0791. The molecule has 4 N–H and O–H groups in total. The van der Waals surface area contributed by atoms with Gasteiger partial charge in [-0.25, -0.2) is 9.78 Å². The Kier molecular flexibility index (Phi) is 11.8. The number of carboxylic acids is 2. The van der Waals surface area contributed by atoms with E-state index in [1.54, 1.807) is 18.2 Å². The van der Waals surface area contributed by atoms with Crippen molar-refractivity contribution in [3.63, 3.8) is 0 Å². The first-order valence-electron chi connectivity index (χ1n) is 19.4. The van der Waals surface area contributed by atoms with Crippen molar-refractivity contribution in [2.75, 3.05) is 13.7 Å². The topological polar surface area (TPSA) is 185 Å². The Hall–Kier alpha value is -6.04. The van der Waals surface area contributed by atoms with Gasteiger partial charge in [0.15, 0.2) is 0 Å². The molecule has 0 amide bonds. The molecule has 3 aromatic rings. The van der Waals surface area contributed by atoms with Crippen LogP contribution < -0.4 is 0 Å². The van der Waals surface area contributed by atoms with Crippen molar-refractivity contribution in [2.24, 2.45) is 5.92 Å². The summed E-state index contributed by atoms with van der Waals surface area (Å²) in [6, 6.07) is 7.54. The molecule has 1 aliphatic carbocycles. The number of nitrogens with zero attached hydrogens (tertiary/aromatic N) is 2. The first kappa shape index (κ1) is 40.6. The Morgan fingerprint density at radius 2 is 1.54 bits per heavy atom. The fourth-order valence-electron chi connectivity index (χ4n) is 8.25. The molecule has 8 bridgehead atoms. The largest absolute Gasteiger partial charge is 0.481 e. The van der Waals surface area contributed by atoms with Crippen molar-refractivity contribution in [1.82, 2.24) is 19.9 Å². The third kappa shape index (κ3) is 7.73. The fraction of sp³-hybridized carbons (Fsp3) is 0.378. The van der Waals surface area contributed by atoms with Gasteiger partial charge in [-0.1, -0.05) is 51.0 Å². The highest BCUT2D eigenvalue weighted by Gasteiger charge is 2.53. The summed E-state index contributed by atoms with van der Waals surface area (Å²) in [5.41, 5.74) is 9.56. The number of hydrogen-bond acceptors (Lipinski definition) is 8. The summed E-state index contributed by atoms with van der Waals surface area (Å²) in [5.74, 6) is -4.17. The number of unbranched alkanes of at least 4 members (excludes halogenated alkanes) is 3. The summed E-state index contributed by atoms with van der Waals surface area (Å²) < 4.78 is 11.1. The second-order valence-corrected chi connectivity index (χ2v) is 15.0. The van der Waals surface area contributed by atoms with E-state index in [0.29, 0.717) is 45.8 Å². The number of fused-ring (bicyclic) bond motifs is 11. The van der Waals surface area contributed by atoms with Crippen molar-refractivity contribution < 1.29 is 38.9 Å². The second-order valence-electron chi connectivity index (χ2n) is 15.0. The van der Waals surface area contributed by atoms with Gasteiger partial charge in [-0.15, -0.1) is 0 Å². The van der Waals surface area contributed by atoms with Crippen LogP contribution in [0, 0.1) is 19.8 Å². The van der Waals surface area contributed by atoms with Crippen molar-refractivity contribution in [2.45, 2.75) is 91.4 Å². The number of ether oxygens (including phenoxy) is 2. The minimum Gasteiger partial charge on any atom is -0.481 e. The number of carbonyl (C=O) groups is 4. The number of rotatable bonds is 14. The molecule has 6 rings (SSSR count). The summed E-state index contributed by atoms with van der Waals surface area (Å²) >= 11 is 0. The van der Waals surface area contributed by atoms with Crippen molar-refractivity contribution in [3.05, 3.63) is 93.6 Å². The fourth-order valence-corrected chi connectivity index (χ4v) is 8.25. The average Bonchev–Trinajstić information content (AvgIpc) is 3.83. The first-order valence-corrected chi connectivity index (χ1v) is 19.4. The molecule has 0 aromatic carbocycles. The van der Waals surface area contributed by atoms with Crippen LogP contribution in [-0.4, -0.2) is 67.7 Å². The van der Waals surface area contributed by atoms with Crippen LogP contribution >= 0.6 is 0 Å². The third-order valence-corrected chi connectivity index (χ3v) is 11.5. The van der Waals surface area contributed by atoms with Crippen LogP contribution in [0.1, 0.15) is 111 Å². The molecule has 0 saturated carbocycles. The van der Waals surface area contributed by atoms with Crippen molar-refractivity contribution in [1.29, 1.82) is 0 Å². The average molecular weight is 775 g/mol. The van der Waals surface area contributed by atoms with E-state index in [0.717, 1.165) is 63.7 Å². The zero-order chi connectivity index (χ0) is 41.2. The molecule has 3 aliphatic rings. The third-order valence-electron chi connectivity index (χ3n) is 11.5. The monoisotopic (exact) mass is 774 g/mol. The van der Waals surface area contributed by atoms with Crippen LogP contribution in [0.3, 0.4) is 0 Å². The van der Waals surface area contributed by atoms with E-state index in [9.17, 15) is 29.4 Å². The van der Waals surface area contributed by atoms with E-state index in [4.69, 9.17) is 19.4 Å². The summed E-state index contributed by atoms with van der Waals surface area (Å²) in [6.45, 7) is 14.1. The number of nitrogens with one attached hydrogen (secondary N) is 2. The molecule has 2 aliphatic heterocycles. The summed E-state index contributed by atoms with van der Waals surface area (Å²) in [5, 5.41) is 19.3. The maximum atomic E-state index is 13.9. The van der Waals surface area contributed by atoms with Gasteiger partial charge in [0.05, 0.1) is 47.5 Å². The van der Waals surface area contributed by atoms with Gasteiger partial charge in [0.2, 0.25) is 0 Å². The number of aromatic amines is 2. The number of aryl methyl sites for hydroxylation is 3. The van der Waals surface area contributed by atoms with Gasteiger partial charge in [-0.05, 0) is 105 Å². The Bertz CT molecular complexity index is 2450. The van der Waals surface area contributed by atoms with Gasteiger partial charge in [-0.3, -0.25) is 19.4 Å². The van der Waals surface area contributed by atoms with Crippen LogP contribution in [0.25, 0.3) is 44.9 Å². The van der Waals surface area contributed by atoms with E-state index >= 15 is 0 Å². The zero-order valence-corrected chi connectivity index (χ0v) is 33.4. The zero-order valence-electron chi connectivity index (χ0n) is 33.4. The maximum Gasteiger partial charge on any atom is 0.334 e. The highest BCUT2D eigenvalue weighted by Crippen LogP contribution is 2.52. The number of esters is 2. The number of methoxy groups -OCH3 is 1. The van der Waals surface area contributed by atoms with Crippen LogP contribution in [-0.2, 0) is 40.5 Å². The quantitative estimate of drug-likeness (QED) is 0.0914. The molecule has 12 nitrogen and oxygen atoms in total. The van der Waals surface area contributed by atoms with Gasteiger partial charge in [0, 0.05) is 40.5 Å². The summed E-state index contributed by atoms with van der Waals surface area (Å²) in [6.07, 6.45) is 9.17. The highest BCUT2D eigenvalue weighted by atomic mass is 16.5. The number of allylic oxidation sites excluding steroid dienone is 5. The molecule has 298 valence electrons. The molecule has 12 heteroatoms. The van der Waals surface area contributed by atoms with Gasteiger partial charge < -0.3 is 29.7 Å². The molecule has 3 aromatic heterocycles. The van der Waals surface area contributed by atoms with Gasteiger partial charge >= 0.3 is 23.9 Å². The molecule has 5 heterocycles. The van der Waals surface area contributed by atoms with Crippen molar-refractivity contribution >= 4 is 68.7 Å². The number of carbonyl (C=O) groups excluding carboxylic acids is 2. The molecule has 0 radical (unpaired) electrons. The van der Waals surface area contributed by atoms with Crippen LogP contribution in [0.5, 0.6) is 0 Å². The molecule has 0 saturated heterocycles. The molecule has 0 unspecified atom stereocenters. The second kappa shape index (κ2) is 16.6. The molecule has 0 fully saturated rings. The Morgan fingerprint density at radius 1 is 0.842 bits per heavy atom. The SMILES string of the molecule is C=Cc1c(C)c2cc3[nH]c(cc4nc(cc5nc(cc1[nH]2)[C@@]1(C)C5=CC=C(C(=O)OCCCCCC)[C@H]1C(=O)OC)C(C)=C4CCC(=O)O)c(CCC(=O)O)c3C. The highest BCUT2D eigenvalue weighted by molar-refractivity contribution is 6.02. The minimum atomic E-state index is -1.19. The Morgan fingerprint density at radius 3 is 2.23 bits per heavy atom. The lowest BCUT2D eigenvalue weighted by Gasteiger charge is -2.36. The lowest BCUT2D eigenvalue weighted by molar-refractivity contribution is -0.149. The molecule has 57 heavy (non-hydrogen) atoms. The molecular formula is C45H50N4O8. The normalized spacial score (nSPS) is 17.4. The number of aromatic nitrogens is 4. The number of carboxylic acid groups (broad SMARTS) is 2. The lowest BCUT2D eigenvalue weighted by atomic mass is 9.64. The molecule has 0 spiro atoms. The van der Waals surface area contributed by atoms with E-state index in [2.05, 4.69) is 23.5 Å². The predicted molar refractivity (Wildman–Crippen MR) is 220 cm³/mol. The van der Waals surface area contributed by atoms with E-state index in [1.165, 1.54) is 7.11 Å². The summed E-state index contributed by atoms with van der Waals surface area (Å²) in [4.78, 5) is 68.5. The number of hydrogen-bond donors (Lipinski definition) is 4. The smallest absolute Gasteiger partial charge is 0.334 e. The molecular weight excluding hydrogens is 725 g/mol. The van der Waals surface area contributed by atoms with E-state index < -0.39 is 35.2 Å². The summed E-state index contributed by atoms with van der Waals surface area (Å²) in [7, 11) is 1.30. The van der Waals surface area contributed by atoms with Crippen LogP contribution in [0.15, 0.2) is 48.6 Å². The van der Waals surface area contributed by atoms with Gasteiger partial charge in [0.1, 0.15) is 5.92 Å². The van der Waals surface area contributed by atoms with Gasteiger partial charge in [-0.2, -0.15) is 0 Å². The Balaban J connectivity index is 1.68. The predicted octanol–water partition coefficient (Wildman–Crippen LogP) is 8.58. The number of aliphatic carboxylic acids is 2. The van der Waals surface area contributed by atoms with Crippen LogP contribution in [0.4, 0.5) is 0 Å². The van der Waals surface area contributed by atoms with Crippen LogP contribution in [0.2, 0.25) is 0 Å². The first-order chi connectivity index (χ1) is 27.2. The van der Waals surface area contributed by atoms with Gasteiger partial charge in [0.25, 0.3) is 0 Å². The van der Waals surface area contributed by atoms with Crippen molar-refractivity contribution in [3.8, 4) is 0 Å². The standard InChI is InChI=1S/C45H50N4O8/c1-8-10-11-12-19-57-43(54)30-13-16-31-38-21-34-26(5)29(15-18-41(52)53)36(47-34)22-35-28(14-17-40(50)51)25(4)33(46-35)20-32-24(3)27(9-2)37(48-32)23-39(49-38)45(31,6)42(30)44(55)56-7/h9,13,16,20-23,42,46,48H,2,8,10-12,14-15,17-19H2,1,3-7H3,(H,50,51)(H,52,53)/t42-,45+/m0/s1.